The summed E-state index contributed by atoms with van der Waals surface area (Å²) in [5, 5.41) is 0. The van der Waals surface area contributed by atoms with Gasteiger partial charge in [-0.2, -0.15) is 0 Å². The number of aromatic nitrogens is 2. The van der Waals surface area contributed by atoms with Gasteiger partial charge in [0.05, 0.1) is 11.0 Å². The number of aryl methyl sites for hydroxylation is 1. The number of hydrogen-bond donors (Lipinski definition) is 0. The minimum atomic E-state index is 0.744. The Labute approximate surface area is 121 Å². The number of fused-ring (bicyclic) bond motifs is 1. The van der Waals surface area contributed by atoms with E-state index in [1.165, 1.54) is 74.8 Å². The molecule has 2 fully saturated rings. The quantitative estimate of drug-likeness (QED) is 0.772. The minimum absolute atomic E-state index is 0.744. The minimum Gasteiger partial charge on any atom is -0.328 e. The highest BCUT2D eigenvalue weighted by molar-refractivity contribution is 5.76. The van der Waals surface area contributed by atoms with Gasteiger partial charge >= 0.3 is 0 Å². The van der Waals surface area contributed by atoms with Crippen molar-refractivity contribution in [2.24, 2.45) is 5.92 Å². The van der Waals surface area contributed by atoms with Gasteiger partial charge in [0.2, 0.25) is 0 Å². The van der Waals surface area contributed by atoms with Crippen LogP contribution in [0.3, 0.4) is 0 Å². The van der Waals surface area contributed by atoms with E-state index in [2.05, 4.69) is 28.8 Å². The van der Waals surface area contributed by atoms with Crippen molar-refractivity contribution in [3.05, 3.63) is 30.1 Å². The fourth-order valence-corrected chi connectivity index (χ4v) is 3.77. The highest BCUT2D eigenvalue weighted by atomic mass is 15.1. The molecule has 2 aromatic rings. The van der Waals surface area contributed by atoms with Crippen LogP contribution in [0.15, 0.2) is 24.3 Å². The van der Waals surface area contributed by atoms with E-state index in [1.54, 1.807) is 0 Å². The van der Waals surface area contributed by atoms with Gasteiger partial charge in [0.15, 0.2) is 0 Å². The third-order valence-electron chi connectivity index (χ3n) is 5.11. The Kier molecular flexibility index (Phi) is 3.25. The Hall–Kier alpha value is -1.31. The van der Waals surface area contributed by atoms with Crippen molar-refractivity contribution in [3.8, 4) is 0 Å². The van der Waals surface area contributed by atoms with Crippen LogP contribution < -0.4 is 0 Å². The molecule has 0 saturated heterocycles. The van der Waals surface area contributed by atoms with Crippen molar-refractivity contribution in [1.29, 1.82) is 0 Å². The second-order valence-electron chi connectivity index (χ2n) is 6.68. The van der Waals surface area contributed by atoms with E-state index in [4.69, 9.17) is 4.98 Å². The summed E-state index contributed by atoms with van der Waals surface area (Å²) >= 11 is 0. The monoisotopic (exact) mass is 268 g/mol. The molecular formula is C18H24N2. The molecule has 0 spiro atoms. The average Bonchev–Trinajstić information content (AvgIpc) is 3.28. The van der Waals surface area contributed by atoms with E-state index < -0.39 is 0 Å². The lowest BCUT2D eigenvalue weighted by Crippen LogP contribution is -2.11. The molecule has 1 heterocycles. The van der Waals surface area contributed by atoms with Gasteiger partial charge in [-0.05, 0) is 37.3 Å². The Bertz CT molecular complexity index is 588. The van der Waals surface area contributed by atoms with Crippen molar-refractivity contribution >= 4 is 11.0 Å². The Morgan fingerprint density at radius 2 is 1.80 bits per heavy atom. The maximum Gasteiger partial charge on any atom is 0.112 e. The summed E-state index contributed by atoms with van der Waals surface area (Å²) < 4.78 is 2.53. The number of hydrogen-bond acceptors (Lipinski definition) is 1. The molecule has 0 amide bonds. The SMILES string of the molecule is c1ccc2c(c1)nc(C1CC1)n2CCC1CCCCC1. The van der Waals surface area contributed by atoms with Crippen LogP contribution in [-0.4, -0.2) is 9.55 Å². The third kappa shape index (κ3) is 2.36. The average molecular weight is 268 g/mol. The number of rotatable bonds is 4. The summed E-state index contributed by atoms with van der Waals surface area (Å²) in [7, 11) is 0. The zero-order valence-corrected chi connectivity index (χ0v) is 12.2. The third-order valence-corrected chi connectivity index (χ3v) is 5.11. The zero-order valence-electron chi connectivity index (χ0n) is 12.2. The number of nitrogens with zero attached hydrogens (tertiary/aromatic N) is 2. The molecule has 2 aliphatic carbocycles. The van der Waals surface area contributed by atoms with E-state index in [-0.39, 0.29) is 0 Å². The Morgan fingerprint density at radius 1 is 1.00 bits per heavy atom. The lowest BCUT2D eigenvalue weighted by molar-refractivity contribution is 0.324. The maximum absolute atomic E-state index is 4.90. The molecule has 106 valence electrons. The van der Waals surface area contributed by atoms with Gasteiger partial charge in [0.1, 0.15) is 5.82 Å². The van der Waals surface area contributed by atoms with Crippen LogP contribution in [0.1, 0.15) is 63.1 Å². The van der Waals surface area contributed by atoms with Crippen LogP contribution in [0.25, 0.3) is 11.0 Å². The number of benzene rings is 1. The molecule has 0 N–H and O–H groups in total. The number of para-hydroxylation sites is 2. The highest BCUT2D eigenvalue weighted by Gasteiger charge is 2.29. The second kappa shape index (κ2) is 5.23. The zero-order chi connectivity index (χ0) is 13.4. The van der Waals surface area contributed by atoms with Gasteiger partial charge < -0.3 is 4.57 Å². The van der Waals surface area contributed by atoms with Gasteiger partial charge in [-0.1, -0.05) is 44.2 Å². The molecule has 2 nitrogen and oxygen atoms in total. The summed E-state index contributed by atoms with van der Waals surface area (Å²) in [5.74, 6) is 3.06. The molecule has 0 bridgehead atoms. The predicted octanol–water partition coefficient (Wildman–Crippen LogP) is 4.88. The molecule has 1 aromatic heterocycles. The lowest BCUT2D eigenvalue weighted by Gasteiger charge is -2.22. The van der Waals surface area contributed by atoms with E-state index in [9.17, 15) is 0 Å². The van der Waals surface area contributed by atoms with Gasteiger partial charge in [-0.25, -0.2) is 4.98 Å². The molecule has 0 radical (unpaired) electrons. The molecule has 0 atom stereocenters. The van der Waals surface area contributed by atoms with Crippen molar-refractivity contribution in [2.45, 2.75) is 63.8 Å². The van der Waals surface area contributed by atoms with Crippen LogP contribution >= 0.6 is 0 Å². The van der Waals surface area contributed by atoms with Crippen LogP contribution in [0.4, 0.5) is 0 Å². The van der Waals surface area contributed by atoms with E-state index in [0.29, 0.717) is 0 Å². The molecule has 20 heavy (non-hydrogen) atoms. The molecule has 2 saturated carbocycles. The fraction of sp³-hybridized carbons (Fsp3) is 0.611. The molecule has 0 aliphatic heterocycles. The summed E-state index contributed by atoms with van der Waals surface area (Å²) in [6.07, 6.45) is 11.3. The summed E-state index contributed by atoms with van der Waals surface area (Å²) in [5.41, 5.74) is 2.54. The van der Waals surface area contributed by atoms with Crippen LogP contribution in [0.5, 0.6) is 0 Å². The van der Waals surface area contributed by atoms with Gasteiger partial charge in [0.25, 0.3) is 0 Å². The fourth-order valence-electron chi connectivity index (χ4n) is 3.77. The topological polar surface area (TPSA) is 17.8 Å². The van der Waals surface area contributed by atoms with Gasteiger partial charge in [0, 0.05) is 12.5 Å². The lowest BCUT2D eigenvalue weighted by atomic mass is 9.87. The van der Waals surface area contributed by atoms with E-state index in [1.807, 2.05) is 0 Å². The standard InChI is InChI=1S/C18H24N2/c1-2-6-14(7-3-1)12-13-20-17-9-5-4-8-16(17)19-18(20)15-10-11-15/h4-5,8-9,14-15H,1-3,6-7,10-13H2. The first kappa shape index (κ1) is 12.4. The van der Waals surface area contributed by atoms with E-state index >= 15 is 0 Å². The highest BCUT2D eigenvalue weighted by Crippen LogP contribution is 2.41. The Morgan fingerprint density at radius 3 is 2.60 bits per heavy atom. The molecule has 0 unspecified atom stereocenters. The summed E-state index contributed by atoms with van der Waals surface area (Å²) in [4.78, 5) is 4.90. The van der Waals surface area contributed by atoms with Crippen molar-refractivity contribution in [3.63, 3.8) is 0 Å². The van der Waals surface area contributed by atoms with Crippen LogP contribution in [-0.2, 0) is 6.54 Å². The smallest absolute Gasteiger partial charge is 0.112 e. The largest absolute Gasteiger partial charge is 0.328 e. The van der Waals surface area contributed by atoms with Crippen molar-refractivity contribution in [1.82, 2.24) is 9.55 Å². The van der Waals surface area contributed by atoms with Gasteiger partial charge in [-0.15, -0.1) is 0 Å². The van der Waals surface area contributed by atoms with Crippen molar-refractivity contribution < 1.29 is 0 Å². The predicted molar refractivity (Wildman–Crippen MR) is 82.9 cm³/mol. The van der Waals surface area contributed by atoms with Crippen LogP contribution in [0, 0.1) is 5.92 Å². The normalized spacial score (nSPS) is 20.6. The first-order chi connectivity index (χ1) is 9.92. The maximum atomic E-state index is 4.90. The summed E-state index contributed by atoms with van der Waals surface area (Å²) in [6.45, 7) is 1.18. The number of imidazole rings is 1. The second-order valence-corrected chi connectivity index (χ2v) is 6.68. The molecule has 2 heteroatoms. The first-order valence-corrected chi connectivity index (χ1v) is 8.37. The Balaban J connectivity index is 1.58. The van der Waals surface area contributed by atoms with Crippen molar-refractivity contribution in [2.75, 3.05) is 0 Å². The first-order valence-electron chi connectivity index (χ1n) is 8.37. The van der Waals surface area contributed by atoms with E-state index in [0.717, 1.165) is 11.8 Å². The summed E-state index contributed by atoms with van der Waals surface area (Å²) in [6, 6.07) is 8.67. The van der Waals surface area contributed by atoms with Gasteiger partial charge in [-0.3, -0.25) is 0 Å². The molecule has 1 aromatic carbocycles. The van der Waals surface area contributed by atoms with Crippen LogP contribution in [0.2, 0.25) is 0 Å². The molecule has 4 rings (SSSR count). The molecular weight excluding hydrogens is 244 g/mol. The molecule has 2 aliphatic rings.